The monoisotopic (exact) mass is 378 g/mol. The summed E-state index contributed by atoms with van der Waals surface area (Å²) in [5.74, 6) is 0.113. The quantitative estimate of drug-likeness (QED) is 0.704. The first-order valence-corrected chi connectivity index (χ1v) is 10.3. The largest absolute Gasteiger partial charge is 0.334 e. The van der Waals surface area contributed by atoms with Crippen LogP contribution in [-0.2, 0) is 11.3 Å². The number of carbonyl (C=O) groups is 2. The van der Waals surface area contributed by atoms with Gasteiger partial charge in [0.25, 0.3) is 5.91 Å². The molecule has 4 heteroatoms. The number of para-hydroxylation sites is 1. The zero-order valence-corrected chi connectivity index (χ0v) is 17.0. The first-order chi connectivity index (χ1) is 13.6. The van der Waals surface area contributed by atoms with Crippen molar-refractivity contribution in [3.05, 3.63) is 65.2 Å². The SMILES string of the molecule is CC(=O)N1CCCCCCCN(C(=O)c2ccc(C)cc2)Cc2ccccc21. The second-order valence-electron chi connectivity index (χ2n) is 7.66. The molecule has 0 unspecified atom stereocenters. The van der Waals surface area contributed by atoms with E-state index in [4.69, 9.17) is 0 Å². The van der Waals surface area contributed by atoms with E-state index in [1.54, 1.807) is 6.92 Å². The zero-order chi connectivity index (χ0) is 19.9. The molecule has 0 spiro atoms. The highest BCUT2D eigenvalue weighted by Crippen LogP contribution is 2.25. The number of anilines is 1. The van der Waals surface area contributed by atoms with Gasteiger partial charge in [-0.05, 0) is 43.5 Å². The maximum atomic E-state index is 13.2. The summed E-state index contributed by atoms with van der Waals surface area (Å²) in [4.78, 5) is 29.3. The van der Waals surface area contributed by atoms with Gasteiger partial charge in [0.05, 0.1) is 0 Å². The summed E-state index contributed by atoms with van der Waals surface area (Å²) in [7, 11) is 0. The van der Waals surface area contributed by atoms with Crippen LogP contribution in [0.4, 0.5) is 5.69 Å². The van der Waals surface area contributed by atoms with Crippen LogP contribution in [0.2, 0.25) is 0 Å². The van der Waals surface area contributed by atoms with Gasteiger partial charge in [0.2, 0.25) is 5.91 Å². The lowest BCUT2D eigenvalue weighted by atomic mass is 10.1. The predicted molar refractivity (Wildman–Crippen MR) is 113 cm³/mol. The van der Waals surface area contributed by atoms with Crippen LogP contribution >= 0.6 is 0 Å². The summed E-state index contributed by atoms with van der Waals surface area (Å²) in [6.07, 6.45) is 5.38. The van der Waals surface area contributed by atoms with Crippen LogP contribution in [0.1, 0.15) is 60.5 Å². The van der Waals surface area contributed by atoms with Gasteiger partial charge in [0.15, 0.2) is 0 Å². The first kappa shape index (κ1) is 20.1. The number of aryl methyl sites for hydroxylation is 1. The molecule has 0 radical (unpaired) electrons. The van der Waals surface area contributed by atoms with Crippen molar-refractivity contribution in [2.45, 2.75) is 52.5 Å². The molecule has 2 aromatic rings. The molecule has 3 rings (SSSR count). The number of fused-ring (bicyclic) bond motifs is 1. The highest BCUT2D eigenvalue weighted by Gasteiger charge is 2.21. The molecule has 2 aromatic carbocycles. The van der Waals surface area contributed by atoms with Gasteiger partial charge in [-0.2, -0.15) is 0 Å². The van der Waals surface area contributed by atoms with Gasteiger partial charge >= 0.3 is 0 Å². The van der Waals surface area contributed by atoms with E-state index in [2.05, 4.69) is 0 Å². The van der Waals surface area contributed by atoms with E-state index < -0.39 is 0 Å². The third-order valence-corrected chi connectivity index (χ3v) is 5.42. The standard InChI is InChI=1S/C24H30N2O2/c1-19-12-14-21(15-13-19)24(28)25-16-8-4-3-5-9-17-26(20(2)27)23-11-7-6-10-22(23)18-25/h6-7,10-15H,3-5,8-9,16-18H2,1-2H3. The molecule has 1 heterocycles. The molecular weight excluding hydrogens is 348 g/mol. The number of rotatable bonds is 1. The van der Waals surface area contributed by atoms with Gasteiger partial charge in [0.1, 0.15) is 0 Å². The van der Waals surface area contributed by atoms with Crippen LogP contribution in [-0.4, -0.2) is 29.8 Å². The van der Waals surface area contributed by atoms with Crippen molar-refractivity contribution in [3.63, 3.8) is 0 Å². The number of carbonyl (C=O) groups excluding carboxylic acids is 2. The van der Waals surface area contributed by atoms with Crippen LogP contribution < -0.4 is 4.90 Å². The molecule has 0 saturated carbocycles. The van der Waals surface area contributed by atoms with Crippen molar-refractivity contribution in [2.75, 3.05) is 18.0 Å². The number of amides is 2. The van der Waals surface area contributed by atoms with Crippen molar-refractivity contribution in [1.82, 2.24) is 4.90 Å². The van der Waals surface area contributed by atoms with Crippen molar-refractivity contribution in [3.8, 4) is 0 Å². The van der Waals surface area contributed by atoms with E-state index in [1.807, 2.05) is 65.3 Å². The normalized spacial score (nSPS) is 15.9. The van der Waals surface area contributed by atoms with E-state index in [-0.39, 0.29) is 11.8 Å². The molecule has 0 saturated heterocycles. The number of hydrogen-bond donors (Lipinski definition) is 0. The van der Waals surface area contributed by atoms with E-state index in [9.17, 15) is 9.59 Å². The Kier molecular flexibility index (Phi) is 6.85. The number of nitrogens with zero attached hydrogens (tertiary/aromatic N) is 2. The molecule has 0 atom stereocenters. The van der Waals surface area contributed by atoms with Crippen molar-refractivity contribution in [2.24, 2.45) is 0 Å². The lowest BCUT2D eigenvalue weighted by Gasteiger charge is -2.29. The van der Waals surface area contributed by atoms with Crippen LogP contribution in [0, 0.1) is 6.92 Å². The van der Waals surface area contributed by atoms with E-state index in [1.165, 1.54) is 0 Å². The Morgan fingerprint density at radius 2 is 1.46 bits per heavy atom. The summed E-state index contributed by atoms with van der Waals surface area (Å²) in [6.45, 7) is 5.64. The predicted octanol–water partition coefficient (Wildman–Crippen LogP) is 4.95. The fourth-order valence-corrected chi connectivity index (χ4v) is 3.80. The third-order valence-electron chi connectivity index (χ3n) is 5.42. The molecule has 28 heavy (non-hydrogen) atoms. The van der Waals surface area contributed by atoms with E-state index in [0.29, 0.717) is 6.54 Å². The molecular formula is C24H30N2O2. The Labute approximate surface area is 168 Å². The van der Waals surface area contributed by atoms with Gasteiger partial charge in [-0.15, -0.1) is 0 Å². The van der Waals surface area contributed by atoms with Crippen LogP contribution in [0.3, 0.4) is 0 Å². The fraction of sp³-hybridized carbons (Fsp3) is 0.417. The summed E-state index contributed by atoms with van der Waals surface area (Å²) >= 11 is 0. The Hall–Kier alpha value is -2.62. The maximum Gasteiger partial charge on any atom is 0.254 e. The Bertz CT molecular complexity index is 814. The van der Waals surface area contributed by atoms with Gasteiger partial charge in [-0.3, -0.25) is 9.59 Å². The maximum absolute atomic E-state index is 13.2. The second kappa shape index (κ2) is 9.54. The minimum atomic E-state index is 0.0564. The molecule has 0 fully saturated rings. The number of benzene rings is 2. The summed E-state index contributed by atoms with van der Waals surface area (Å²) in [6, 6.07) is 15.8. The smallest absolute Gasteiger partial charge is 0.254 e. The van der Waals surface area contributed by atoms with Crippen LogP contribution in [0.15, 0.2) is 48.5 Å². The minimum absolute atomic E-state index is 0.0564. The highest BCUT2D eigenvalue weighted by atomic mass is 16.2. The average Bonchev–Trinajstić information content (AvgIpc) is 2.68. The molecule has 0 N–H and O–H groups in total. The summed E-state index contributed by atoms with van der Waals surface area (Å²) in [5, 5.41) is 0. The van der Waals surface area contributed by atoms with Gasteiger partial charge in [-0.25, -0.2) is 0 Å². The Morgan fingerprint density at radius 3 is 2.18 bits per heavy atom. The van der Waals surface area contributed by atoms with Crippen LogP contribution in [0.5, 0.6) is 0 Å². The molecule has 2 amide bonds. The van der Waals surface area contributed by atoms with E-state index in [0.717, 1.165) is 67.6 Å². The molecule has 4 nitrogen and oxygen atoms in total. The minimum Gasteiger partial charge on any atom is -0.334 e. The van der Waals surface area contributed by atoms with Crippen molar-refractivity contribution in [1.29, 1.82) is 0 Å². The first-order valence-electron chi connectivity index (χ1n) is 10.3. The summed E-state index contributed by atoms with van der Waals surface area (Å²) in [5.41, 5.74) is 3.82. The lowest BCUT2D eigenvalue weighted by molar-refractivity contribution is -0.116. The third kappa shape index (κ3) is 5.00. The fourth-order valence-electron chi connectivity index (χ4n) is 3.80. The highest BCUT2D eigenvalue weighted by molar-refractivity contribution is 5.95. The lowest BCUT2D eigenvalue weighted by Crippen LogP contribution is -2.34. The molecule has 1 aliphatic heterocycles. The van der Waals surface area contributed by atoms with Gasteiger partial charge in [-0.1, -0.05) is 55.2 Å². The Balaban J connectivity index is 1.93. The second-order valence-corrected chi connectivity index (χ2v) is 7.66. The van der Waals surface area contributed by atoms with Crippen molar-refractivity contribution < 1.29 is 9.59 Å². The summed E-state index contributed by atoms with van der Waals surface area (Å²) < 4.78 is 0. The molecule has 148 valence electrons. The molecule has 0 aliphatic carbocycles. The molecule has 0 bridgehead atoms. The van der Waals surface area contributed by atoms with Gasteiger partial charge < -0.3 is 9.80 Å². The average molecular weight is 379 g/mol. The zero-order valence-electron chi connectivity index (χ0n) is 17.0. The van der Waals surface area contributed by atoms with E-state index >= 15 is 0 Å². The van der Waals surface area contributed by atoms with Crippen LogP contribution in [0.25, 0.3) is 0 Å². The Morgan fingerprint density at radius 1 is 0.821 bits per heavy atom. The number of hydrogen-bond acceptors (Lipinski definition) is 2. The molecule has 0 aromatic heterocycles. The topological polar surface area (TPSA) is 40.6 Å². The van der Waals surface area contributed by atoms with Crippen molar-refractivity contribution >= 4 is 17.5 Å². The van der Waals surface area contributed by atoms with Gasteiger partial charge in [0, 0.05) is 37.8 Å². The molecule has 1 aliphatic rings.